The number of carbonyl (C=O) groups is 2. The van der Waals surface area contributed by atoms with Gasteiger partial charge in [-0.05, 0) is 30.0 Å². The van der Waals surface area contributed by atoms with Gasteiger partial charge in [-0.25, -0.2) is 4.79 Å². The van der Waals surface area contributed by atoms with Crippen LogP contribution in [0.1, 0.15) is 29.3 Å². The van der Waals surface area contributed by atoms with Crippen LogP contribution in [0.15, 0.2) is 24.3 Å². The van der Waals surface area contributed by atoms with Crippen LogP contribution in [0.2, 0.25) is 0 Å². The molecule has 0 aliphatic heterocycles. The first-order valence-corrected chi connectivity index (χ1v) is 5.68. The molecule has 4 nitrogen and oxygen atoms in total. The molecule has 90 valence electrons. The van der Waals surface area contributed by atoms with E-state index in [1.165, 1.54) is 6.07 Å². The van der Waals surface area contributed by atoms with Crippen molar-refractivity contribution in [1.82, 2.24) is 5.32 Å². The first-order chi connectivity index (χ1) is 8.08. The highest BCUT2D eigenvalue weighted by Gasteiger charge is 2.38. The summed E-state index contributed by atoms with van der Waals surface area (Å²) >= 11 is 0. The molecule has 0 heterocycles. The lowest BCUT2D eigenvalue weighted by Gasteiger charge is -2.05. The number of carboxylic acids is 1. The molecule has 1 fully saturated rings. The van der Waals surface area contributed by atoms with Gasteiger partial charge in [0.1, 0.15) is 0 Å². The number of nitrogens with one attached hydrogen (secondary N) is 1. The number of rotatable bonds is 4. The Kier molecular flexibility index (Phi) is 3.13. The van der Waals surface area contributed by atoms with Gasteiger partial charge in [-0.2, -0.15) is 0 Å². The molecule has 0 aromatic heterocycles. The van der Waals surface area contributed by atoms with Gasteiger partial charge in [0.15, 0.2) is 0 Å². The topological polar surface area (TPSA) is 66.4 Å². The molecule has 0 spiro atoms. The van der Waals surface area contributed by atoms with Crippen molar-refractivity contribution in [2.45, 2.75) is 19.9 Å². The third-order valence-electron chi connectivity index (χ3n) is 3.09. The summed E-state index contributed by atoms with van der Waals surface area (Å²) in [5.41, 5.74) is 1.06. The summed E-state index contributed by atoms with van der Waals surface area (Å²) in [5.74, 6) is -0.245. The van der Waals surface area contributed by atoms with Crippen LogP contribution in [0.25, 0.3) is 0 Å². The summed E-state index contributed by atoms with van der Waals surface area (Å²) < 4.78 is 0. The van der Waals surface area contributed by atoms with Gasteiger partial charge >= 0.3 is 5.97 Å². The van der Waals surface area contributed by atoms with Gasteiger partial charge in [0.2, 0.25) is 5.91 Å². The molecule has 17 heavy (non-hydrogen) atoms. The summed E-state index contributed by atoms with van der Waals surface area (Å²) in [7, 11) is 0. The molecule has 2 N–H and O–H groups in total. The van der Waals surface area contributed by atoms with E-state index >= 15 is 0 Å². The first kappa shape index (κ1) is 11.6. The fraction of sp³-hybridized carbons (Fsp3) is 0.385. The van der Waals surface area contributed by atoms with Crippen LogP contribution in [-0.4, -0.2) is 17.0 Å². The highest BCUT2D eigenvalue weighted by atomic mass is 16.4. The molecule has 1 aromatic carbocycles. The molecule has 0 bridgehead atoms. The van der Waals surface area contributed by atoms with E-state index in [9.17, 15) is 9.59 Å². The van der Waals surface area contributed by atoms with Crippen LogP contribution in [0.4, 0.5) is 0 Å². The molecule has 1 aromatic rings. The quantitative estimate of drug-likeness (QED) is 0.831. The lowest BCUT2D eigenvalue weighted by Crippen LogP contribution is -2.24. The molecule has 0 saturated heterocycles. The monoisotopic (exact) mass is 233 g/mol. The fourth-order valence-electron chi connectivity index (χ4n) is 1.82. The van der Waals surface area contributed by atoms with Gasteiger partial charge in [0.25, 0.3) is 0 Å². The Labute approximate surface area is 99.6 Å². The average Bonchev–Trinajstić information content (AvgIpc) is 3.04. The van der Waals surface area contributed by atoms with Gasteiger partial charge in [-0.15, -0.1) is 0 Å². The normalized spacial score (nSPS) is 21.9. The number of carbonyl (C=O) groups excluding carboxylic acids is 1. The number of hydrogen-bond donors (Lipinski definition) is 2. The van der Waals surface area contributed by atoms with Gasteiger partial charge in [-0.3, -0.25) is 4.79 Å². The van der Waals surface area contributed by atoms with Gasteiger partial charge < -0.3 is 10.4 Å². The smallest absolute Gasteiger partial charge is 0.335 e. The van der Waals surface area contributed by atoms with Crippen LogP contribution >= 0.6 is 0 Å². The van der Waals surface area contributed by atoms with Crippen LogP contribution < -0.4 is 5.32 Å². The second-order valence-corrected chi connectivity index (χ2v) is 4.54. The zero-order valence-electron chi connectivity index (χ0n) is 9.64. The summed E-state index contributed by atoms with van der Waals surface area (Å²) in [6, 6.07) is 6.61. The van der Waals surface area contributed by atoms with E-state index in [-0.39, 0.29) is 17.4 Å². The van der Waals surface area contributed by atoms with E-state index in [0.29, 0.717) is 12.5 Å². The number of carboxylic acid groups (broad SMARTS) is 1. The molecule has 1 aliphatic carbocycles. The molecular weight excluding hydrogens is 218 g/mol. The molecule has 1 saturated carbocycles. The summed E-state index contributed by atoms with van der Waals surface area (Å²) in [6.07, 6.45) is 0.959. The summed E-state index contributed by atoms with van der Waals surface area (Å²) in [5, 5.41) is 11.7. The van der Waals surface area contributed by atoms with E-state index in [1.807, 2.05) is 6.07 Å². The molecular formula is C13H15NO3. The largest absolute Gasteiger partial charge is 0.478 e. The Balaban J connectivity index is 1.92. The third kappa shape index (κ3) is 2.84. The van der Waals surface area contributed by atoms with Crippen molar-refractivity contribution in [2.24, 2.45) is 11.8 Å². The summed E-state index contributed by atoms with van der Waals surface area (Å²) in [4.78, 5) is 22.3. The van der Waals surface area contributed by atoms with Crippen molar-refractivity contribution >= 4 is 11.9 Å². The van der Waals surface area contributed by atoms with Crippen molar-refractivity contribution in [3.8, 4) is 0 Å². The second kappa shape index (κ2) is 4.57. The minimum atomic E-state index is -0.950. The maximum absolute atomic E-state index is 11.6. The average molecular weight is 233 g/mol. The predicted octanol–water partition coefficient (Wildman–Crippen LogP) is 1.66. The lowest BCUT2D eigenvalue weighted by molar-refractivity contribution is -0.122. The van der Waals surface area contributed by atoms with E-state index in [4.69, 9.17) is 5.11 Å². The van der Waals surface area contributed by atoms with Crippen molar-refractivity contribution < 1.29 is 14.7 Å². The maximum atomic E-state index is 11.6. The van der Waals surface area contributed by atoms with Crippen molar-refractivity contribution in [1.29, 1.82) is 0 Å². The van der Waals surface area contributed by atoms with E-state index in [0.717, 1.165) is 12.0 Å². The predicted molar refractivity (Wildman–Crippen MR) is 62.5 cm³/mol. The zero-order chi connectivity index (χ0) is 12.4. The molecule has 0 unspecified atom stereocenters. The Hall–Kier alpha value is -1.84. The maximum Gasteiger partial charge on any atom is 0.335 e. The zero-order valence-corrected chi connectivity index (χ0v) is 9.64. The van der Waals surface area contributed by atoms with Crippen LogP contribution in [-0.2, 0) is 11.3 Å². The molecule has 1 aliphatic rings. The molecule has 2 rings (SSSR count). The van der Waals surface area contributed by atoms with Crippen molar-refractivity contribution in [3.63, 3.8) is 0 Å². The minimum absolute atomic E-state index is 0.0678. The minimum Gasteiger partial charge on any atom is -0.478 e. The molecule has 1 amide bonds. The molecule has 2 atom stereocenters. The second-order valence-electron chi connectivity index (χ2n) is 4.54. The first-order valence-electron chi connectivity index (χ1n) is 5.68. The van der Waals surface area contributed by atoms with Crippen LogP contribution in [0.5, 0.6) is 0 Å². The Bertz CT molecular complexity index is 456. The molecule has 4 heteroatoms. The van der Waals surface area contributed by atoms with Gasteiger partial charge in [0.05, 0.1) is 5.56 Å². The van der Waals surface area contributed by atoms with E-state index < -0.39 is 5.97 Å². The summed E-state index contributed by atoms with van der Waals surface area (Å²) in [6.45, 7) is 2.44. The SMILES string of the molecule is C[C@H]1C[C@@H]1C(=O)NCc1cccc(C(=O)O)c1. The van der Waals surface area contributed by atoms with Crippen molar-refractivity contribution in [2.75, 3.05) is 0 Å². The third-order valence-corrected chi connectivity index (χ3v) is 3.09. The Morgan fingerprint density at radius 2 is 2.18 bits per heavy atom. The van der Waals surface area contributed by atoms with Crippen LogP contribution in [0.3, 0.4) is 0 Å². The Morgan fingerprint density at radius 1 is 1.47 bits per heavy atom. The lowest BCUT2D eigenvalue weighted by atomic mass is 10.1. The van der Waals surface area contributed by atoms with Gasteiger partial charge in [0, 0.05) is 12.5 Å². The van der Waals surface area contributed by atoms with Gasteiger partial charge in [-0.1, -0.05) is 19.1 Å². The highest BCUT2D eigenvalue weighted by Crippen LogP contribution is 2.37. The number of amides is 1. The Morgan fingerprint density at radius 3 is 2.76 bits per heavy atom. The fourth-order valence-corrected chi connectivity index (χ4v) is 1.82. The number of benzene rings is 1. The van der Waals surface area contributed by atoms with E-state index in [1.54, 1.807) is 12.1 Å². The molecule has 0 radical (unpaired) electrons. The number of hydrogen-bond acceptors (Lipinski definition) is 2. The highest BCUT2D eigenvalue weighted by molar-refractivity contribution is 5.87. The standard InChI is InChI=1S/C13H15NO3/c1-8-5-11(8)12(15)14-7-9-3-2-4-10(6-9)13(16)17/h2-4,6,8,11H,5,7H2,1H3,(H,14,15)(H,16,17)/t8-,11-/m0/s1. The number of aromatic carboxylic acids is 1. The van der Waals surface area contributed by atoms with E-state index in [2.05, 4.69) is 12.2 Å². The van der Waals surface area contributed by atoms with Crippen molar-refractivity contribution in [3.05, 3.63) is 35.4 Å². The van der Waals surface area contributed by atoms with Crippen LogP contribution in [0, 0.1) is 11.8 Å².